The average Bonchev–Trinajstić information content (AvgIpc) is 2.85. The molecule has 22 heavy (non-hydrogen) atoms. The summed E-state index contributed by atoms with van der Waals surface area (Å²) in [5.74, 6) is -1.16. The second-order valence-electron chi connectivity index (χ2n) is 5.31. The van der Waals surface area contributed by atoms with E-state index in [4.69, 9.17) is 9.84 Å². The van der Waals surface area contributed by atoms with Gasteiger partial charge in [0.15, 0.2) is 18.2 Å². The van der Waals surface area contributed by atoms with Gasteiger partial charge in [-0.15, -0.1) is 0 Å². The molecule has 0 aliphatic carbocycles. The number of nitrogens with zero attached hydrogens (tertiary/aromatic N) is 4. The zero-order valence-corrected chi connectivity index (χ0v) is 12.1. The van der Waals surface area contributed by atoms with Crippen LogP contribution in [0.15, 0.2) is 4.99 Å². The highest BCUT2D eigenvalue weighted by Crippen LogP contribution is 2.25. The minimum atomic E-state index is -1.06. The fourth-order valence-electron chi connectivity index (χ4n) is 2.85. The van der Waals surface area contributed by atoms with Crippen LogP contribution in [0.2, 0.25) is 0 Å². The van der Waals surface area contributed by atoms with Gasteiger partial charge in [0, 0.05) is 20.1 Å². The molecule has 0 aromatic rings. The Morgan fingerprint density at radius 3 is 2.73 bits per heavy atom. The van der Waals surface area contributed by atoms with Crippen LogP contribution in [-0.4, -0.2) is 95.8 Å². The molecule has 0 aromatic heterocycles. The van der Waals surface area contributed by atoms with E-state index in [2.05, 4.69) is 10.3 Å². The van der Waals surface area contributed by atoms with Gasteiger partial charge in [-0.2, -0.15) is 0 Å². The van der Waals surface area contributed by atoms with Crippen molar-refractivity contribution in [3.8, 4) is 0 Å². The van der Waals surface area contributed by atoms with E-state index >= 15 is 0 Å². The largest absolute Gasteiger partial charge is 0.480 e. The van der Waals surface area contributed by atoms with Gasteiger partial charge in [-0.3, -0.25) is 14.9 Å². The minimum absolute atomic E-state index is 0.354. The number of ether oxygens (including phenoxy) is 1. The summed E-state index contributed by atoms with van der Waals surface area (Å²) in [6.45, 7) is 1.79. The minimum Gasteiger partial charge on any atom is -0.480 e. The van der Waals surface area contributed by atoms with Crippen molar-refractivity contribution in [1.82, 2.24) is 20.0 Å². The molecule has 3 aliphatic rings. The quantitative estimate of drug-likeness (QED) is 0.603. The molecular weight excluding hydrogens is 294 g/mol. The van der Waals surface area contributed by atoms with Crippen LogP contribution in [0.1, 0.15) is 0 Å². The summed E-state index contributed by atoms with van der Waals surface area (Å²) in [5.41, 5.74) is 0. The Hall–Kier alpha value is -2.36. The van der Waals surface area contributed by atoms with Gasteiger partial charge >= 0.3 is 12.0 Å². The van der Waals surface area contributed by atoms with E-state index in [1.54, 1.807) is 0 Å². The van der Waals surface area contributed by atoms with Crippen LogP contribution in [0.25, 0.3) is 0 Å². The van der Waals surface area contributed by atoms with E-state index in [-0.39, 0.29) is 6.54 Å². The molecule has 10 heteroatoms. The first-order chi connectivity index (χ1) is 10.5. The van der Waals surface area contributed by atoms with Crippen molar-refractivity contribution >= 4 is 23.9 Å². The van der Waals surface area contributed by atoms with Gasteiger partial charge in [-0.05, 0) is 0 Å². The molecule has 2 unspecified atom stereocenters. The van der Waals surface area contributed by atoms with Gasteiger partial charge in [0.25, 0.3) is 5.91 Å². The molecule has 2 N–H and O–H groups in total. The number of carboxylic acid groups (broad SMARTS) is 1. The van der Waals surface area contributed by atoms with Crippen LogP contribution in [0.4, 0.5) is 4.79 Å². The Kier molecular flexibility index (Phi) is 3.61. The van der Waals surface area contributed by atoms with Crippen LogP contribution in [0.5, 0.6) is 0 Å². The number of carbonyl (C=O) groups excluding carboxylic acids is 2. The lowest BCUT2D eigenvalue weighted by Crippen LogP contribution is -2.65. The topological polar surface area (TPSA) is 115 Å². The number of carbonyl (C=O) groups is 3. The molecule has 0 saturated carbocycles. The lowest BCUT2D eigenvalue weighted by molar-refractivity contribution is -0.139. The van der Waals surface area contributed by atoms with E-state index in [1.807, 2.05) is 4.90 Å². The molecule has 3 rings (SSSR count). The van der Waals surface area contributed by atoms with Crippen LogP contribution >= 0.6 is 0 Å². The number of aliphatic imine (C=N–C) groups is 1. The first-order valence-electron chi connectivity index (χ1n) is 6.95. The molecule has 2 fully saturated rings. The average molecular weight is 311 g/mol. The summed E-state index contributed by atoms with van der Waals surface area (Å²) in [5, 5.41) is 11.4. The van der Waals surface area contributed by atoms with Crippen molar-refractivity contribution in [2.75, 3.05) is 39.9 Å². The SMILES string of the molecule is CN1C(=O)NC(=O)C2C1N=C(N1CCOCC1)N2CC(=O)O. The lowest BCUT2D eigenvalue weighted by Gasteiger charge is -2.37. The number of hydrogen-bond acceptors (Lipinski definition) is 7. The van der Waals surface area contributed by atoms with Crippen LogP contribution in [0.3, 0.4) is 0 Å². The van der Waals surface area contributed by atoms with E-state index in [1.165, 1.54) is 16.8 Å². The maximum absolute atomic E-state index is 12.1. The Bertz CT molecular complexity index is 544. The first kappa shape index (κ1) is 14.6. The number of fused-ring (bicyclic) bond motifs is 1. The lowest BCUT2D eigenvalue weighted by atomic mass is 10.1. The van der Waals surface area contributed by atoms with Crippen molar-refractivity contribution in [2.45, 2.75) is 12.2 Å². The van der Waals surface area contributed by atoms with Crippen molar-refractivity contribution in [2.24, 2.45) is 4.99 Å². The van der Waals surface area contributed by atoms with Crippen LogP contribution in [0, 0.1) is 0 Å². The highest BCUT2D eigenvalue weighted by molar-refractivity contribution is 6.04. The van der Waals surface area contributed by atoms with Crippen LogP contribution in [-0.2, 0) is 14.3 Å². The molecule has 2 saturated heterocycles. The molecule has 0 bridgehead atoms. The Morgan fingerprint density at radius 2 is 2.09 bits per heavy atom. The standard InChI is InChI=1S/C12H17N5O5/c1-15-9-8(10(20)14-12(15)21)17(6-7(18)19)11(13-9)16-2-4-22-5-3-16/h8-9H,2-6H2,1H3,(H,18,19)(H,14,20,21). The zero-order valence-electron chi connectivity index (χ0n) is 12.1. The Balaban J connectivity index is 1.92. The van der Waals surface area contributed by atoms with E-state index in [0.29, 0.717) is 32.3 Å². The Morgan fingerprint density at radius 1 is 1.41 bits per heavy atom. The van der Waals surface area contributed by atoms with Gasteiger partial charge in [-0.1, -0.05) is 0 Å². The third-order valence-corrected chi connectivity index (χ3v) is 3.94. The highest BCUT2D eigenvalue weighted by Gasteiger charge is 2.50. The van der Waals surface area contributed by atoms with Crippen molar-refractivity contribution in [1.29, 1.82) is 0 Å². The third-order valence-electron chi connectivity index (χ3n) is 3.94. The molecule has 0 aromatic carbocycles. The molecule has 3 amide bonds. The number of carboxylic acids is 1. The van der Waals surface area contributed by atoms with Crippen molar-refractivity contribution < 1.29 is 24.2 Å². The predicted octanol–water partition coefficient (Wildman–Crippen LogP) is -2.05. The van der Waals surface area contributed by atoms with Gasteiger partial charge in [0.2, 0.25) is 0 Å². The number of hydrogen-bond donors (Lipinski definition) is 2. The molecule has 120 valence electrons. The molecule has 0 spiro atoms. The molecule has 0 radical (unpaired) electrons. The number of morpholine rings is 1. The number of imide groups is 1. The molecule has 3 heterocycles. The number of amides is 3. The van der Waals surface area contributed by atoms with Gasteiger partial charge in [-0.25, -0.2) is 9.79 Å². The molecule has 2 atom stereocenters. The first-order valence-corrected chi connectivity index (χ1v) is 6.95. The summed E-state index contributed by atoms with van der Waals surface area (Å²) in [6, 6.07) is -1.36. The van der Waals surface area contributed by atoms with E-state index in [9.17, 15) is 14.4 Å². The summed E-state index contributed by atoms with van der Waals surface area (Å²) in [4.78, 5) is 44.1. The summed E-state index contributed by atoms with van der Waals surface area (Å²) in [7, 11) is 1.53. The fourth-order valence-corrected chi connectivity index (χ4v) is 2.85. The normalized spacial score (nSPS) is 28.4. The van der Waals surface area contributed by atoms with Crippen molar-refractivity contribution in [3.63, 3.8) is 0 Å². The number of rotatable bonds is 2. The maximum atomic E-state index is 12.1. The predicted molar refractivity (Wildman–Crippen MR) is 73.0 cm³/mol. The second-order valence-corrected chi connectivity index (χ2v) is 5.31. The summed E-state index contributed by atoms with van der Waals surface area (Å²) < 4.78 is 5.28. The van der Waals surface area contributed by atoms with Gasteiger partial charge < -0.3 is 24.5 Å². The van der Waals surface area contributed by atoms with Crippen molar-refractivity contribution in [3.05, 3.63) is 0 Å². The maximum Gasteiger partial charge on any atom is 0.325 e. The molecule has 3 aliphatic heterocycles. The number of urea groups is 1. The van der Waals surface area contributed by atoms with E-state index < -0.39 is 30.1 Å². The fraction of sp³-hybridized carbons (Fsp3) is 0.667. The van der Waals surface area contributed by atoms with Crippen LogP contribution < -0.4 is 5.32 Å². The smallest absolute Gasteiger partial charge is 0.325 e. The molecule has 10 nitrogen and oxygen atoms in total. The zero-order chi connectivity index (χ0) is 15.9. The van der Waals surface area contributed by atoms with Gasteiger partial charge in [0.05, 0.1) is 13.2 Å². The third kappa shape index (κ3) is 2.34. The number of guanidine groups is 1. The molecular formula is C12H17N5O5. The second kappa shape index (κ2) is 5.44. The van der Waals surface area contributed by atoms with Gasteiger partial charge in [0.1, 0.15) is 6.54 Å². The summed E-state index contributed by atoms with van der Waals surface area (Å²) in [6.07, 6.45) is -0.710. The van der Waals surface area contributed by atoms with E-state index in [0.717, 1.165) is 0 Å². The number of aliphatic carboxylic acids is 1. The number of nitrogens with one attached hydrogen (secondary N) is 1. The Labute approximate surface area is 126 Å². The highest BCUT2D eigenvalue weighted by atomic mass is 16.5. The monoisotopic (exact) mass is 311 g/mol. The summed E-state index contributed by atoms with van der Waals surface area (Å²) >= 11 is 0. The number of likely N-dealkylation sites (N-methyl/N-ethyl adjacent to an activating group) is 1.